The number of para-hydroxylation sites is 3. The van der Waals surface area contributed by atoms with Gasteiger partial charge in [-0.05, 0) is 112 Å². The summed E-state index contributed by atoms with van der Waals surface area (Å²) in [6, 6.07) is 85.9. The van der Waals surface area contributed by atoms with Crippen molar-refractivity contribution in [2.75, 3.05) is 9.80 Å². The van der Waals surface area contributed by atoms with Gasteiger partial charge in [0.15, 0.2) is 0 Å². The van der Waals surface area contributed by atoms with Gasteiger partial charge in [0, 0.05) is 50.2 Å². The highest BCUT2D eigenvalue weighted by molar-refractivity contribution is 6.14. The van der Waals surface area contributed by atoms with Crippen molar-refractivity contribution in [3.63, 3.8) is 0 Å². The van der Waals surface area contributed by atoms with Crippen LogP contribution in [-0.2, 0) is 0 Å². The van der Waals surface area contributed by atoms with Crippen molar-refractivity contribution in [3.8, 4) is 39.1 Å². The van der Waals surface area contributed by atoms with Crippen LogP contribution < -0.4 is 9.80 Å². The van der Waals surface area contributed by atoms with Crippen molar-refractivity contribution in [2.24, 2.45) is 0 Å². The minimum absolute atomic E-state index is 1.09. The molecule has 0 unspecified atom stereocenters. The van der Waals surface area contributed by atoms with E-state index >= 15 is 0 Å². The summed E-state index contributed by atoms with van der Waals surface area (Å²) in [6.07, 6.45) is 0. The molecule has 3 heteroatoms. The van der Waals surface area contributed by atoms with Gasteiger partial charge in [0.2, 0.25) is 0 Å². The smallest absolute Gasteiger partial charge is 0.0561 e. The Labute approximate surface area is 355 Å². The van der Waals surface area contributed by atoms with E-state index in [2.05, 4.69) is 251 Å². The molecule has 0 fully saturated rings. The third kappa shape index (κ3) is 5.82. The predicted octanol–water partition coefficient (Wildman–Crippen LogP) is 16.2. The summed E-state index contributed by atoms with van der Waals surface area (Å²) in [5.41, 5.74) is 17.5. The fourth-order valence-electron chi connectivity index (χ4n) is 9.48. The number of aromatic nitrogens is 1. The molecule has 61 heavy (non-hydrogen) atoms. The average Bonchev–Trinajstić information content (AvgIpc) is 3.67. The quantitative estimate of drug-likeness (QED) is 0.160. The van der Waals surface area contributed by atoms with E-state index in [1.54, 1.807) is 0 Å². The lowest BCUT2D eigenvalue weighted by Gasteiger charge is -2.34. The molecule has 0 N–H and O–H groups in total. The highest BCUT2D eigenvalue weighted by atomic mass is 15.2. The highest BCUT2D eigenvalue weighted by Gasteiger charge is 2.26. The first kappa shape index (κ1) is 34.9. The molecule has 12 rings (SSSR count). The van der Waals surface area contributed by atoms with Crippen molar-refractivity contribution in [1.29, 1.82) is 0 Å². The summed E-state index contributed by atoms with van der Waals surface area (Å²) in [4.78, 5) is 4.81. The van der Waals surface area contributed by atoms with Gasteiger partial charge in [-0.1, -0.05) is 158 Å². The fraction of sp³-hybridized carbons (Fsp3) is 0. The standard InChI is InChI=1S/C58H39N3/c1-4-14-40(15-5-1)41-26-31-47(32-27-41)59(49-35-37-51-50-22-10-11-24-54(50)60(57(51)39-49)45-18-6-2-7-19-45)48-33-28-42(29-34-48)44-30-36-52-53-23-12-16-43-17-13-25-55(58(43)53)61(56(52)38-44)46-20-8-3-9-21-46/h1-39H. The van der Waals surface area contributed by atoms with Crippen LogP contribution in [0, 0.1) is 0 Å². The van der Waals surface area contributed by atoms with Gasteiger partial charge in [-0.2, -0.15) is 0 Å². The molecule has 0 radical (unpaired) electrons. The van der Waals surface area contributed by atoms with Gasteiger partial charge in [-0.15, -0.1) is 0 Å². The molecule has 286 valence electrons. The molecular formula is C58H39N3. The molecule has 11 aromatic rings. The van der Waals surface area contributed by atoms with Crippen molar-refractivity contribution >= 4 is 66.7 Å². The minimum Gasteiger partial charge on any atom is -0.310 e. The lowest BCUT2D eigenvalue weighted by molar-refractivity contribution is 1.18. The Hall–Kier alpha value is -8.14. The Morgan fingerprint density at radius 1 is 0.311 bits per heavy atom. The second kappa shape index (κ2) is 14.3. The molecular weight excluding hydrogens is 739 g/mol. The number of rotatable bonds is 7. The zero-order chi connectivity index (χ0) is 40.3. The van der Waals surface area contributed by atoms with Crippen LogP contribution in [0.3, 0.4) is 0 Å². The van der Waals surface area contributed by atoms with E-state index in [-0.39, 0.29) is 0 Å². The number of hydrogen-bond acceptors (Lipinski definition) is 2. The van der Waals surface area contributed by atoms with Crippen LogP contribution >= 0.6 is 0 Å². The Morgan fingerprint density at radius 2 is 0.869 bits per heavy atom. The zero-order valence-electron chi connectivity index (χ0n) is 33.4. The Bertz CT molecular complexity index is 3380. The number of benzene rings is 10. The summed E-state index contributed by atoms with van der Waals surface area (Å²) in [7, 11) is 0. The molecule has 1 aliphatic heterocycles. The molecule has 0 saturated carbocycles. The van der Waals surface area contributed by atoms with E-state index in [4.69, 9.17) is 0 Å². The van der Waals surface area contributed by atoms with E-state index in [1.807, 2.05) is 0 Å². The maximum absolute atomic E-state index is 2.42. The molecule has 1 aromatic heterocycles. The number of fused-ring (bicyclic) bond motifs is 5. The minimum atomic E-state index is 1.09. The van der Waals surface area contributed by atoms with Gasteiger partial charge in [0.1, 0.15) is 0 Å². The second-order valence-electron chi connectivity index (χ2n) is 15.8. The Kier molecular flexibility index (Phi) is 8.17. The maximum atomic E-state index is 2.42. The summed E-state index contributed by atoms with van der Waals surface area (Å²) in [5.74, 6) is 0. The van der Waals surface area contributed by atoms with E-state index in [1.165, 1.54) is 71.8 Å². The van der Waals surface area contributed by atoms with E-state index in [0.717, 1.165) is 34.0 Å². The summed E-state index contributed by atoms with van der Waals surface area (Å²) >= 11 is 0. The molecule has 2 heterocycles. The fourth-order valence-corrected chi connectivity index (χ4v) is 9.48. The molecule has 3 nitrogen and oxygen atoms in total. The molecule has 0 bridgehead atoms. The van der Waals surface area contributed by atoms with Gasteiger partial charge in [-0.3, -0.25) is 0 Å². The second-order valence-corrected chi connectivity index (χ2v) is 15.8. The van der Waals surface area contributed by atoms with E-state index < -0.39 is 0 Å². The Balaban J connectivity index is 0.990. The molecule has 0 saturated heterocycles. The van der Waals surface area contributed by atoms with Crippen molar-refractivity contribution in [3.05, 3.63) is 237 Å². The topological polar surface area (TPSA) is 11.4 Å². The van der Waals surface area contributed by atoms with Crippen LogP contribution in [-0.4, -0.2) is 4.57 Å². The third-order valence-corrected chi connectivity index (χ3v) is 12.3. The van der Waals surface area contributed by atoms with E-state index in [0.29, 0.717) is 0 Å². The molecule has 0 spiro atoms. The van der Waals surface area contributed by atoms with Gasteiger partial charge in [0.05, 0.1) is 22.4 Å². The SMILES string of the molecule is c1ccc(-c2ccc(N(c3ccc(-c4ccc5c(c4)N(c4ccccc4)c4cccc6cccc-5c46)cc3)c3ccc4c5ccccc5n(-c5ccccc5)c4c3)cc2)cc1. The largest absolute Gasteiger partial charge is 0.310 e. The molecule has 0 atom stereocenters. The monoisotopic (exact) mass is 777 g/mol. The lowest BCUT2D eigenvalue weighted by atomic mass is 9.89. The average molecular weight is 778 g/mol. The maximum Gasteiger partial charge on any atom is 0.0561 e. The van der Waals surface area contributed by atoms with Crippen molar-refractivity contribution in [1.82, 2.24) is 4.57 Å². The molecule has 10 aromatic carbocycles. The molecule has 1 aliphatic rings. The first-order chi connectivity index (χ1) is 30.3. The highest BCUT2D eigenvalue weighted by Crippen LogP contribution is 2.52. The predicted molar refractivity (Wildman–Crippen MR) is 258 cm³/mol. The van der Waals surface area contributed by atoms with Crippen molar-refractivity contribution < 1.29 is 0 Å². The normalized spacial score (nSPS) is 11.9. The van der Waals surface area contributed by atoms with Gasteiger partial charge >= 0.3 is 0 Å². The van der Waals surface area contributed by atoms with Gasteiger partial charge in [0.25, 0.3) is 0 Å². The number of anilines is 6. The van der Waals surface area contributed by atoms with Crippen molar-refractivity contribution in [2.45, 2.75) is 0 Å². The summed E-state index contributed by atoms with van der Waals surface area (Å²) < 4.78 is 2.39. The Morgan fingerprint density at radius 3 is 1.59 bits per heavy atom. The van der Waals surface area contributed by atoms with Gasteiger partial charge in [-0.25, -0.2) is 0 Å². The van der Waals surface area contributed by atoms with Crippen LogP contribution in [0.4, 0.5) is 34.1 Å². The first-order valence-electron chi connectivity index (χ1n) is 20.9. The van der Waals surface area contributed by atoms with Gasteiger partial charge < -0.3 is 14.4 Å². The van der Waals surface area contributed by atoms with Crippen LogP contribution in [0.15, 0.2) is 237 Å². The summed E-state index contributed by atoms with van der Waals surface area (Å²) in [6.45, 7) is 0. The van der Waals surface area contributed by atoms with E-state index in [9.17, 15) is 0 Å². The lowest BCUT2D eigenvalue weighted by Crippen LogP contribution is -2.15. The van der Waals surface area contributed by atoms with Crippen LogP contribution in [0.5, 0.6) is 0 Å². The number of hydrogen-bond donors (Lipinski definition) is 0. The van der Waals surface area contributed by atoms with Crippen LogP contribution in [0.2, 0.25) is 0 Å². The number of nitrogens with zero attached hydrogens (tertiary/aromatic N) is 3. The van der Waals surface area contributed by atoms with Crippen LogP contribution in [0.25, 0.3) is 71.6 Å². The molecule has 0 aliphatic carbocycles. The zero-order valence-corrected chi connectivity index (χ0v) is 33.4. The summed E-state index contributed by atoms with van der Waals surface area (Å²) in [5, 5.41) is 5.01. The first-order valence-corrected chi connectivity index (χ1v) is 20.9. The third-order valence-electron chi connectivity index (χ3n) is 12.3. The molecule has 0 amide bonds. The van der Waals surface area contributed by atoms with Crippen LogP contribution in [0.1, 0.15) is 0 Å².